The zero-order valence-electron chi connectivity index (χ0n) is 15.6. The van der Waals surface area contributed by atoms with Crippen LogP contribution in [0.3, 0.4) is 0 Å². The molecule has 0 aromatic heterocycles. The number of carbonyl (C=O) groups is 2. The molecular weight excluding hydrogens is 354 g/mol. The zero-order valence-corrected chi connectivity index (χ0v) is 16.5. The number of nitrogens with zero attached hydrogens (tertiary/aromatic N) is 1. The quantitative estimate of drug-likeness (QED) is 0.552. The van der Waals surface area contributed by atoms with E-state index in [1.807, 2.05) is 30.3 Å². The predicted molar refractivity (Wildman–Crippen MR) is 104 cm³/mol. The van der Waals surface area contributed by atoms with Crippen LogP contribution in [0.2, 0.25) is 0 Å². The Morgan fingerprint density at radius 1 is 1.23 bits per heavy atom. The highest BCUT2D eigenvalue weighted by Crippen LogP contribution is 2.30. The number of esters is 1. The molecule has 1 heterocycles. The van der Waals surface area contributed by atoms with Gasteiger partial charge in [-0.3, -0.25) is 9.59 Å². The summed E-state index contributed by atoms with van der Waals surface area (Å²) >= 11 is 0. The topological polar surface area (TPSA) is 66.8 Å². The molecule has 1 aromatic carbocycles. The fourth-order valence-electron chi connectivity index (χ4n) is 3.32. The number of halogens is 1. The van der Waals surface area contributed by atoms with E-state index in [1.165, 1.54) is 0 Å². The Morgan fingerprint density at radius 2 is 1.85 bits per heavy atom. The Kier molecular flexibility index (Phi) is 9.27. The standard InChI is InChI=1S/C20H29NO4.ClH/c1-3-25-19(23)16(2)20(24)11-14-21(15-12-20)13-7-10-18(22)17-8-5-4-6-9-17;/h4-6,8-9,16,24H,3,7,10-15H2,1-2H3;1H. The maximum Gasteiger partial charge on any atom is 0.311 e. The molecule has 0 bridgehead atoms. The number of carbonyl (C=O) groups excluding carboxylic acids is 2. The van der Waals surface area contributed by atoms with Crippen LogP contribution in [0, 0.1) is 5.92 Å². The van der Waals surface area contributed by atoms with Crippen LogP contribution in [0.1, 0.15) is 49.9 Å². The first kappa shape index (κ1) is 22.6. The Bertz CT molecular complexity index is 570. The van der Waals surface area contributed by atoms with Gasteiger partial charge in [0.15, 0.2) is 5.78 Å². The van der Waals surface area contributed by atoms with Gasteiger partial charge in [-0.05, 0) is 39.7 Å². The van der Waals surface area contributed by atoms with Crippen molar-refractivity contribution in [3.8, 4) is 0 Å². The summed E-state index contributed by atoms with van der Waals surface area (Å²) in [5.41, 5.74) is -0.221. The largest absolute Gasteiger partial charge is 0.466 e. The van der Waals surface area contributed by atoms with E-state index in [0.717, 1.165) is 31.6 Å². The molecule has 6 heteroatoms. The normalized spacial score (nSPS) is 17.8. The van der Waals surface area contributed by atoms with E-state index < -0.39 is 11.5 Å². The third-order valence-corrected chi connectivity index (χ3v) is 5.14. The van der Waals surface area contributed by atoms with E-state index in [1.54, 1.807) is 13.8 Å². The van der Waals surface area contributed by atoms with Gasteiger partial charge in [-0.25, -0.2) is 0 Å². The van der Waals surface area contributed by atoms with Gasteiger partial charge < -0.3 is 14.7 Å². The van der Waals surface area contributed by atoms with E-state index >= 15 is 0 Å². The molecule has 0 saturated carbocycles. The van der Waals surface area contributed by atoms with Crippen molar-refractivity contribution in [1.29, 1.82) is 0 Å². The molecule has 0 spiro atoms. The number of hydrogen-bond donors (Lipinski definition) is 1. The number of ketones is 1. The molecule has 0 aliphatic carbocycles. The summed E-state index contributed by atoms with van der Waals surface area (Å²) in [6, 6.07) is 9.36. The smallest absolute Gasteiger partial charge is 0.311 e. The summed E-state index contributed by atoms with van der Waals surface area (Å²) in [6.07, 6.45) is 2.45. The summed E-state index contributed by atoms with van der Waals surface area (Å²) in [6.45, 7) is 6.16. The second-order valence-corrected chi connectivity index (χ2v) is 6.81. The van der Waals surface area contributed by atoms with Gasteiger partial charge in [0.05, 0.1) is 18.1 Å². The maximum absolute atomic E-state index is 12.1. The van der Waals surface area contributed by atoms with Gasteiger partial charge in [0.25, 0.3) is 0 Å². The minimum Gasteiger partial charge on any atom is -0.466 e. The number of hydrogen-bond acceptors (Lipinski definition) is 5. The summed E-state index contributed by atoms with van der Waals surface area (Å²) < 4.78 is 5.03. The predicted octanol–water partition coefficient (Wildman–Crippen LogP) is 3.10. The fraction of sp³-hybridized carbons (Fsp3) is 0.600. The van der Waals surface area contributed by atoms with Crippen LogP contribution in [0.15, 0.2) is 30.3 Å². The Labute approximate surface area is 162 Å². The van der Waals surface area contributed by atoms with Crippen molar-refractivity contribution in [1.82, 2.24) is 4.90 Å². The molecule has 1 aliphatic heterocycles. The lowest BCUT2D eigenvalue weighted by molar-refractivity contribution is -0.160. The van der Waals surface area contributed by atoms with Crippen molar-refractivity contribution < 1.29 is 19.4 Å². The molecule has 1 unspecified atom stereocenters. The first-order chi connectivity index (χ1) is 12.0. The molecule has 1 aliphatic rings. The summed E-state index contributed by atoms with van der Waals surface area (Å²) in [7, 11) is 0. The number of aliphatic hydroxyl groups is 1. The molecule has 146 valence electrons. The number of rotatable bonds is 8. The number of Topliss-reactive ketones (excluding diaryl/α,β-unsaturated/α-hetero) is 1. The lowest BCUT2D eigenvalue weighted by Gasteiger charge is -2.40. The third kappa shape index (κ3) is 6.08. The van der Waals surface area contributed by atoms with E-state index in [4.69, 9.17) is 4.74 Å². The number of likely N-dealkylation sites (tertiary alicyclic amines) is 1. The summed E-state index contributed by atoms with van der Waals surface area (Å²) in [5.74, 6) is -0.661. The van der Waals surface area contributed by atoms with E-state index in [-0.39, 0.29) is 24.2 Å². The Morgan fingerprint density at radius 3 is 2.42 bits per heavy atom. The SMILES string of the molecule is CCOC(=O)C(C)C1(O)CCN(CCCC(=O)c2ccccc2)CC1.Cl. The second kappa shape index (κ2) is 10.7. The minimum absolute atomic E-state index is 0. The zero-order chi connectivity index (χ0) is 18.3. The average Bonchev–Trinajstić information content (AvgIpc) is 2.63. The van der Waals surface area contributed by atoms with Crippen LogP contribution in [0.5, 0.6) is 0 Å². The van der Waals surface area contributed by atoms with Gasteiger partial charge in [-0.1, -0.05) is 30.3 Å². The van der Waals surface area contributed by atoms with Crippen LogP contribution in [-0.4, -0.2) is 53.6 Å². The van der Waals surface area contributed by atoms with Crippen molar-refractivity contribution in [2.45, 2.75) is 45.1 Å². The number of piperidine rings is 1. The van der Waals surface area contributed by atoms with Crippen LogP contribution in [0.25, 0.3) is 0 Å². The van der Waals surface area contributed by atoms with Crippen molar-refractivity contribution in [2.24, 2.45) is 5.92 Å². The number of ether oxygens (including phenoxy) is 1. The first-order valence-electron chi connectivity index (χ1n) is 9.16. The third-order valence-electron chi connectivity index (χ3n) is 5.14. The van der Waals surface area contributed by atoms with Gasteiger partial charge in [0.1, 0.15) is 0 Å². The van der Waals surface area contributed by atoms with Crippen molar-refractivity contribution in [3.05, 3.63) is 35.9 Å². The molecule has 1 fully saturated rings. The molecule has 0 radical (unpaired) electrons. The Hall–Kier alpha value is -1.43. The van der Waals surface area contributed by atoms with Crippen molar-refractivity contribution >= 4 is 24.2 Å². The highest BCUT2D eigenvalue weighted by atomic mass is 35.5. The average molecular weight is 384 g/mol. The van der Waals surface area contributed by atoms with Gasteiger partial charge in [-0.2, -0.15) is 0 Å². The fourth-order valence-corrected chi connectivity index (χ4v) is 3.32. The van der Waals surface area contributed by atoms with Crippen LogP contribution >= 0.6 is 12.4 Å². The molecule has 5 nitrogen and oxygen atoms in total. The first-order valence-corrected chi connectivity index (χ1v) is 9.16. The molecule has 1 atom stereocenters. The minimum atomic E-state index is -0.984. The van der Waals surface area contributed by atoms with Crippen molar-refractivity contribution in [2.75, 3.05) is 26.2 Å². The molecular formula is C20H30ClNO4. The van der Waals surface area contributed by atoms with E-state index in [0.29, 0.717) is 25.9 Å². The van der Waals surface area contributed by atoms with Gasteiger partial charge in [-0.15, -0.1) is 12.4 Å². The second-order valence-electron chi connectivity index (χ2n) is 6.81. The van der Waals surface area contributed by atoms with Crippen LogP contribution < -0.4 is 0 Å². The number of benzene rings is 1. The molecule has 1 N–H and O–H groups in total. The molecule has 1 saturated heterocycles. The molecule has 26 heavy (non-hydrogen) atoms. The van der Waals surface area contributed by atoms with E-state index in [2.05, 4.69) is 4.90 Å². The molecule has 1 aromatic rings. The Balaban J connectivity index is 0.00000338. The molecule has 0 amide bonds. The summed E-state index contributed by atoms with van der Waals surface area (Å²) in [5, 5.41) is 10.7. The molecule has 2 rings (SSSR count). The highest BCUT2D eigenvalue weighted by Gasteiger charge is 2.41. The van der Waals surface area contributed by atoms with E-state index in [9.17, 15) is 14.7 Å². The maximum atomic E-state index is 12.1. The summed E-state index contributed by atoms with van der Waals surface area (Å²) in [4.78, 5) is 26.2. The monoisotopic (exact) mass is 383 g/mol. The van der Waals surface area contributed by atoms with Crippen LogP contribution in [0.4, 0.5) is 0 Å². The van der Waals surface area contributed by atoms with Gasteiger partial charge in [0.2, 0.25) is 0 Å². The lowest BCUT2D eigenvalue weighted by atomic mass is 9.80. The van der Waals surface area contributed by atoms with Crippen molar-refractivity contribution in [3.63, 3.8) is 0 Å². The van der Waals surface area contributed by atoms with Gasteiger partial charge in [0, 0.05) is 25.1 Å². The van der Waals surface area contributed by atoms with Crippen LogP contribution in [-0.2, 0) is 9.53 Å². The van der Waals surface area contributed by atoms with Gasteiger partial charge >= 0.3 is 5.97 Å². The highest BCUT2D eigenvalue weighted by molar-refractivity contribution is 5.95. The lowest BCUT2D eigenvalue weighted by Crippen LogP contribution is -2.50.